The van der Waals surface area contributed by atoms with Crippen molar-refractivity contribution >= 4 is 7.26 Å². The van der Waals surface area contributed by atoms with Gasteiger partial charge in [-0.05, 0) is 0 Å². The van der Waals surface area contributed by atoms with Gasteiger partial charge in [0.05, 0.1) is 0 Å². The first kappa shape index (κ1) is 24.4. The van der Waals surface area contributed by atoms with E-state index in [1.165, 1.54) is 76.0 Å². The van der Waals surface area contributed by atoms with E-state index in [0.29, 0.717) is 0 Å². The molecule has 1 heteroatoms. The van der Waals surface area contributed by atoms with Crippen molar-refractivity contribution in [3.63, 3.8) is 0 Å². The molecule has 0 aromatic carbocycles. The first-order valence-electron chi connectivity index (χ1n) is 10.8. The zero-order chi connectivity index (χ0) is 18.6. The predicted molar refractivity (Wildman–Crippen MR) is 124 cm³/mol. The van der Waals surface area contributed by atoms with Crippen LogP contribution in [0, 0.1) is 0 Å². The van der Waals surface area contributed by atoms with Crippen LogP contribution in [0.5, 0.6) is 0 Å². The van der Waals surface area contributed by atoms with E-state index in [0.717, 1.165) is 0 Å². The molecule has 0 heterocycles. The van der Waals surface area contributed by atoms with Crippen molar-refractivity contribution in [2.75, 3.05) is 24.6 Å². The second-order valence-corrected chi connectivity index (χ2v) is 12.0. The van der Waals surface area contributed by atoms with Crippen LogP contribution in [-0.4, -0.2) is 24.6 Å². The second kappa shape index (κ2) is 18.2. The molecule has 0 bridgehead atoms. The molecule has 0 spiro atoms. The molecule has 0 aliphatic rings. The van der Waals surface area contributed by atoms with Crippen molar-refractivity contribution in [3.05, 3.63) is 48.6 Å². The van der Waals surface area contributed by atoms with Crippen LogP contribution in [0.3, 0.4) is 0 Å². The molecule has 0 N–H and O–H groups in total. The molecule has 0 unspecified atom stereocenters. The Morgan fingerprint density at radius 1 is 0.400 bits per heavy atom. The van der Waals surface area contributed by atoms with E-state index >= 15 is 0 Å². The number of unbranched alkanes of at least 4 members (excludes halogenated alkanes) is 4. The van der Waals surface area contributed by atoms with Crippen molar-refractivity contribution < 1.29 is 0 Å². The minimum absolute atomic E-state index is 1.23. The van der Waals surface area contributed by atoms with Crippen molar-refractivity contribution in [3.8, 4) is 0 Å². The fourth-order valence-corrected chi connectivity index (χ4v) is 6.64. The quantitative estimate of drug-likeness (QED) is 0.191. The minimum atomic E-state index is -1.34. The average molecular weight is 365 g/mol. The molecule has 0 radical (unpaired) electrons. The van der Waals surface area contributed by atoms with Crippen LogP contribution in [0.15, 0.2) is 48.6 Å². The van der Waals surface area contributed by atoms with Crippen LogP contribution < -0.4 is 0 Å². The summed E-state index contributed by atoms with van der Waals surface area (Å²) in [6.07, 6.45) is 35.0. The van der Waals surface area contributed by atoms with Crippen LogP contribution in [0.2, 0.25) is 0 Å². The average Bonchev–Trinajstić information content (AvgIpc) is 2.63. The third kappa shape index (κ3) is 14.3. The molecule has 0 aromatic heterocycles. The van der Waals surface area contributed by atoms with Crippen LogP contribution in [0.4, 0.5) is 0 Å². The first-order valence-corrected chi connectivity index (χ1v) is 13.7. The maximum atomic E-state index is 2.50. The molecule has 0 saturated carbocycles. The molecule has 0 saturated heterocycles. The third-order valence-electron chi connectivity index (χ3n) is 4.69. The Hall–Kier alpha value is -0.610. The first-order chi connectivity index (χ1) is 12.2. The SMILES string of the molecule is CCCC=CC[PH](CC=CCCC)(CC=CCCC)CC=CCCC. The van der Waals surface area contributed by atoms with Gasteiger partial charge in [-0.15, -0.1) is 0 Å². The summed E-state index contributed by atoms with van der Waals surface area (Å²) < 4.78 is 0. The van der Waals surface area contributed by atoms with Gasteiger partial charge in [0.2, 0.25) is 0 Å². The maximum absolute atomic E-state index is 2.50. The van der Waals surface area contributed by atoms with E-state index in [1.807, 2.05) is 0 Å². The Balaban J connectivity index is 5.11. The Kier molecular flexibility index (Phi) is 17.7. The van der Waals surface area contributed by atoms with Crippen molar-refractivity contribution in [1.82, 2.24) is 0 Å². The summed E-state index contributed by atoms with van der Waals surface area (Å²) in [5.74, 6) is 0. The predicted octanol–water partition coefficient (Wildman–Crippen LogP) is 8.16. The van der Waals surface area contributed by atoms with Crippen LogP contribution >= 0.6 is 7.26 Å². The van der Waals surface area contributed by atoms with Crippen LogP contribution in [-0.2, 0) is 0 Å². The zero-order valence-corrected chi connectivity index (χ0v) is 18.6. The fourth-order valence-electron chi connectivity index (χ4n) is 2.97. The zero-order valence-electron chi connectivity index (χ0n) is 17.6. The fraction of sp³-hybridized carbons (Fsp3) is 0.667. The summed E-state index contributed by atoms with van der Waals surface area (Å²) in [6.45, 7) is 9.07. The number of allylic oxidation sites excluding steroid dienone is 8. The molecule has 25 heavy (non-hydrogen) atoms. The molecule has 0 aliphatic heterocycles. The summed E-state index contributed by atoms with van der Waals surface area (Å²) in [5.41, 5.74) is 0. The van der Waals surface area contributed by atoms with Crippen molar-refractivity contribution in [2.24, 2.45) is 0 Å². The van der Waals surface area contributed by atoms with E-state index in [4.69, 9.17) is 0 Å². The van der Waals surface area contributed by atoms with Gasteiger partial charge >= 0.3 is 160 Å². The van der Waals surface area contributed by atoms with E-state index in [2.05, 4.69) is 76.3 Å². The van der Waals surface area contributed by atoms with Crippen LogP contribution in [0.1, 0.15) is 79.1 Å². The Morgan fingerprint density at radius 3 is 0.840 bits per heavy atom. The van der Waals surface area contributed by atoms with E-state index in [-0.39, 0.29) is 0 Å². The molecular formula is C24H45P. The van der Waals surface area contributed by atoms with E-state index < -0.39 is 7.26 Å². The Bertz CT molecular complexity index is 309. The van der Waals surface area contributed by atoms with Crippen LogP contribution in [0.25, 0.3) is 0 Å². The van der Waals surface area contributed by atoms with Gasteiger partial charge in [-0.1, -0.05) is 0 Å². The summed E-state index contributed by atoms with van der Waals surface area (Å²) in [7, 11) is -1.34. The van der Waals surface area contributed by atoms with Gasteiger partial charge in [-0.3, -0.25) is 0 Å². The molecule has 0 aliphatic carbocycles. The molecule has 0 amide bonds. The summed E-state index contributed by atoms with van der Waals surface area (Å²) in [5, 5.41) is 0. The van der Waals surface area contributed by atoms with Gasteiger partial charge in [0, 0.05) is 0 Å². The molecule has 0 fully saturated rings. The van der Waals surface area contributed by atoms with Gasteiger partial charge < -0.3 is 0 Å². The number of hydrogen-bond acceptors (Lipinski definition) is 0. The Morgan fingerprint density at radius 2 is 0.640 bits per heavy atom. The molecule has 0 nitrogen and oxygen atoms in total. The molecule has 0 rings (SSSR count). The number of hydrogen-bond donors (Lipinski definition) is 0. The van der Waals surface area contributed by atoms with Gasteiger partial charge in [0.1, 0.15) is 0 Å². The second-order valence-electron chi connectivity index (χ2n) is 7.36. The van der Waals surface area contributed by atoms with E-state index in [9.17, 15) is 0 Å². The van der Waals surface area contributed by atoms with Gasteiger partial charge in [0.15, 0.2) is 0 Å². The molecular weight excluding hydrogens is 319 g/mol. The number of rotatable bonds is 16. The summed E-state index contributed by atoms with van der Waals surface area (Å²) >= 11 is 0. The summed E-state index contributed by atoms with van der Waals surface area (Å²) in [6, 6.07) is 0. The topological polar surface area (TPSA) is 0 Å². The normalized spacial score (nSPS) is 13.9. The summed E-state index contributed by atoms with van der Waals surface area (Å²) in [4.78, 5) is 0. The monoisotopic (exact) mass is 364 g/mol. The molecule has 146 valence electrons. The van der Waals surface area contributed by atoms with Gasteiger partial charge in [0.25, 0.3) is 0 Å². The van der Waals surface area contributed by atoms with Crippen molar-refractivity contribution in [2.45, 2.75) is 79.1 Å². The van der Waals surface area contributed by atoms with Crippen molar-refractivity contribution in [1.29, 1.82) is 0 Å². The van der Waals surface area contributed by atoms with Gasteiger partial charge in [-0.25, -0.2) is 0 Å². The Labute approximate surface area is 159 Å². The third-order valence-corrected chi connectivity index (χ3v) is 9.10. The standard InChI is InChI=1S/C24H45P/c1-5-9-13-17-21-25(22-18-14-10-6-2,23-19-15-11-7-3)24-20-16-12-8-4/h13-20,25H,5-12,21-24H2,1-4H3. The molecule has 0 aromatic rings. The van der Waals surface area contributed by atoms with Gasteiger partial charge in [-0.2, -0.15) is 0 Å². The van der Waals surface area contributed by atoms with E-state index in [1.54, 1.807) is 0 Å². The molecule has 0 atom stereocenters.